The summed E-state index contributed by atoms with van der Waals surface area (Å²) in [6.07, 6.45) is 9.69. The Morgan fingerprint density at radius 3 is 2.05 bits per heavy atom. The summed E-state index contributed by atoms with van der Waals surface area (Å²) < 4.78 is 12.0. The molecule has 0 fully saturated rings. The van der Waals surface area contributed by atoms with Crippen LogP contribution in [0.5, 0.6) is 0 Å². The number of halogens is 1. The van der Waals surface area contributed by atoms with Crippen molar-refractivity contribution in [2.24, 2.45) is 0 Å². The van der Waals surface area contributed by atoms with Gasteiger partial charge in [0.2, 0.25) is 0 Å². The Morgan fingerprint density at radius 2 is 1.53 bits per heavy atom. The van der Waals surface area contributed by atoms with Crippen molar-refractivity contribution in [3.05, 3.63) is 0 Å². The van der Waals surface area contributed by atoms with E-state index >= 15 is 0 Å². The minimum absolute atomic E-state index is 0. The van der Waals surface area contributed by atoms with Gasteiger partial charge in [-0.15, -0.1) is 0 Å². The smallest absolute Gasteiger partial charge is 0.334 e. The van der Waals surface area contributed by atoms with E-state index in [9.17, 15) is 0 Å². The fourth-order valence-electron chi connectivity index (χ4n) is 2.22. The van der Waals surface area contributed by atoms with E-state index in [1.54, 1.807) is 0 Å². The van der Waals surface area contributed by atoms with Gasteiger partial charge in [0.25, 0.3) is 0 Å². The first-order chi connectivity index (χ1) is 8.58. The fraction of sp³-hybridized carbons (Fsp3) is 1.00. The van der Waals surface area contributed by atoms with Crippen LogP contribution in [0.2, 0.25) is 12.6 Å². The number of unbranched alkanes of at least 4 members (excludes halogenated alkanes) is 5. The highest BCUT2D eigenvalue weighted by Gasteiger charge is 2.30. The zero-order chi connectivity index (χ0) is 13.9. The van der Waals surface area contributed by atoms with Crippen LogP contribution in [-0.2, 0) is 8.85 Å². The molecule has 0 aliphatic heterocycles. The third-order valence-corrected chi connectivity index (χ3v) is 6.59. The number of rotatable bonds is 12. The van der Waals surface area contributed by atoms with E-state index in [1.165, 1.54) is 44.9 Å². The zero-order valence-electron chi connectivity index (χ0n) is 13.7. The molecule has 0 heterocycles. The second-order valence-electron chi connectivity index (χ2n) is 5.41. The lowest BCUT2D eigenvalue weighted by atomic mass is 10.1. The molecule has 0 bridgehead atoms. The molecule has 0 saturated carbocycles. The van der Waals surface area contributed by atoms with Crippen LogP contribution in [0.1, 0.15) is 72.6 Å². The zero-order valence-corrected chi connectivity index (χ0v) is 14.7. The van der Waals surface area contributed by atoms with Crippen LogP contribution in [0.15, 0.2) is 0 Å². The van der Waals surface area contributed by atoms with Crippen LogP contribution in [0.4, 0.5) is 4.70 Å². The normalized spacial score (nSPS) is 15.6. The monoisotopic (exact) mass is 294 g/mol. The van der Waals surface area contributed by atoms with Crippen molar-refractivity contribution in [2.45, 2.75) is 91.3 Å². The van der Waals surface area contributed by atoms with Crippen LogP contribution >= 0.6 is 0 Å². The van der Waals surface area contributed by atoms with Gasteiger partial charge in [-0.3, -0.25) is 4.70 Å². The summed E-state index contributed by atoms with van der Waals surface area (Å²) in [5, 5.41) is 0. The molecule has 0 spiro atoms. The second-order valence-corrected chi connectivity index (χ2v) is 8.90. The highest BCUT2D eigenvalue weighted by molar-refractivity contribution is 6.65. The Labute approximate surface area is 120 Å². The Hall–Kier alpha value is 0.0669. The van der Waals surface area contributed by atoms with E-state index in [0.29, 0.717) is 6.10 Å². The Balaban J connectivity index is 0. The van der Waals surface area contributed by atoms with Crippen molar-refractivity contribution < 1.29 is 13.6 Å². The van der Waals surface area contributed by atoms with Crippen molar-refractivity contribution in [1.82, 2.24) is 0 Å². The molecule has 0 rings (SSSR count). The van der Waals surface area contributed by atoms with Crippen molar-refractivity contribution in [3.8, 4) is 0 Å². The molecule has 0 radical (unpaired) electrons. The number of hydrogen-bond donors (Lipinski definition) is 0. The Bertz CT molecular complexity index is 193. The van der Waals surface area contributed by atoms with Gasteiger partial charge in [-0.25, -0.2) is 0 Å². The summed E-state index contributed by atoms with van der Waals surface area (Å²) in [5.41, 5.74) is 0. The molecule has 0 amide bonds. The predicted molar refractivity (Wildman–Crippen MR) is 84.8 cm³/mol. The molecular formula is C15H35FO2Si. The predicted octanol–water partition coefficient (Wildman–Crippen LogP) is 5.42. The molecule has 4 heteroatoms. The van der Waals surface area contributed by atoms with Gasteiger partial charge in [0, 0.05) is 12.7 Å². The highest BCUT2D eigenvalue weighted by Crippen LogP contribution is 2.18. The first-order valence-corrected chi connectivity index (χ1v) is 10.4. The lowest BCUT2D eigenvalue weighted by Crippen LogP contribution is -2.40. The van der Waals surface area contributed by atoms with Crippen LogP contribution in [0.25, 0.3) is 0 Å². The minimum Gasteiger partial charge on any atom is -0.395 e. The quantitative estimate of drug-likeness (QED) is 0.353. The van der Waals surface area contributed by atoms with Crippen molar-refractivity contribution >= 4 is 8.56 Å². The summed E-state index contributed by atoms with van der Waals surface area (Å²) in [4.78, 5) is 0. The molecule has 0 N–H and O–H groups in total. The van der Waals surface area contributed by atoms with E-state index < -0.39 is 8.56 Å². The molecule has 0 aromatic rings. The van der Waals surface area contributed by atoms with Crippen LogP contribution in [0.3, 0.4) is 0 Å². The van der Waals surface area contributed by atoms with Gasteiger partial charge in [0.05, 0.1) is 0 Å². The third kappa shape index (κ3) is 11.6. The third-order valence-electron chi connectivity index (χ3n) is 3.51. The molecule has 0 aliphatic carbocycles. The SMILES string of the molecule is CCCCCCCCC(C)O[Si](C)(CC)OCC.F. The van der Waals surface area contributed by atoms with Crippen molar-refractivity contribution in [3.63, 3.8) is 0 Å². The molecule has 0 aromatic carbocycles. The van der Waals surface area contributed by atoms with Gasteiger partial charge >= 0.3 is 8.56 Å². The molecule has 2 unspecified atom stereocenters. The summed E-state index contributed by atoms with van der Waals surface area (Å²) in [6.45, 7) is 11.7. The van der Waals surface area contributed by atoms with Crippen molar-refractivity contribution in [1.29, 1.82) is 0 Å². The standard InChI is InChI=1S/C15H34O2Si.FH/c1-6-9-10-11-12-13-14-15(4)17-18(5,8-3)16-7-2;/h15H,6-14H2,1-5H3;1H. The van der Waals surface area contributed by atoms with E-state index in [4.69, 9.17) is 8.85 Å². The molecule has 118 valence electrons. The van der Waals surface area contributed by atoms with E-state index in [-0.39, 0.29) is 4.70 Å². The Morgan fingerprint density at radius 1 is 0.947 bits per heavy atom. The fourth-order valence-corrected chi connectivity index (χ4v) is 4.24. The minimum atomic E-state index is -1.87. The van der Waals surface area contributed by atoms with E-state index in [1.807, 2.05) is 0 Å². The van der Waals surface area contributed by atoms with Gasteiger partial charge in [-0.05, 0) is 32.9 Å². The highest BCUT2D eigenvalue weighted by atomic mass is 28.4. The summed E-state index contributed by atoms with van der Waals surface area (Å²) in [7, 11) is -1.87. The first kappa shape index (κ1) is 21.4. The first-order valence-electron chi connectivity index (χ1n) is 7.89. The largest absolute Gasteiger partial charge is 0.395 e. The number of hydrogen-bond acceptors (Lipinski definition) is 2. The van der Waals surface area contributed by atoms with Crippen molar-refractivity contribution in [2.75, 3.05) is 6.61 Å². The van der Waals surface area contributed by atoms with E-state index in [0.717, 1.165) is 12.7 Å². The lowest BCUT2D eigenvalue weighted by Gasteiger charge is -2.29. The molecule has 0 saturated heterocycles. The maximum absolute atomic E-state index is 6.17. The van der Waals surface area contributed by atoms with Crippen LogP contribution < -0.4 is 0 Å². The molecule has 0 aromatic heterocycles. The summed E-state index contributed by atoms with van der Waals surface area (Å²) >= 11 is 0. The summed E-state index contributed by atoms with van der Waals surface area (Å²) in [6, 6.07) is 1.04. The molecule has 19 heavy (non-hydrogen) atoms. The van der Waals surface area contributed by atoms with Gasteiger partial charge in [-0.1, -0.05) is 52.4 Å². The van der Waals surface area contributed by atoms with Gasteiger partial charge in [0.1, 0.15) is 0 Å². The van der Waals surface area contributed by atoms with Gasteiger partial charge < -0.3 is 8.85 Å². The Kier molecular flexibility index (Phi) is 14.7. The topological polar surface area (TPSA) is 18.5 Å². The average molecular weight is 295 g/mol. The molecular weight excluding hydrogens is 259 g/mol. The molecule has 2 atom stereocenters. The second kappa shape index (κ2) is 13.1. The van der Waals surface area contributed by atoms with Crippen LogP contribution in [0, 0.1) is 0 Å². The van der Waals surface area contributed by atoms with Crippen LogP contribution in [-0.4, -0.2) is 21.3 Å². The van der Waals surface area contributed by atoms with Gasteiger partial charge in [0.15, 0.2) is 0 Å². The summed E-state index contributed by atoms with van der Waals surface area (Å²) in [5.74, 6) is 0. The van der Waals surface area contributed by atoms with E-state index in [2.05, 4.69) is 34.2 Å². The lowest BCUT2D eigenvalue weighted by molar-refractivity contribution is 0.124. The molecule has 2 nitrogen and oxygen atoms in total. The maximum atomic E-state index is 6.17. The van der Waals surface area contributed by atoms with Gasteiger partial charge in [-0.2, -0.15) is 0 Å². The average Bonchev–Trinajstić information content (AvgIpc) is 2.34. The maximum Gasteiger partial charge on any atom is 0.334 e. The molecule has 0 aliphatic rings.